The first kappa shape index (κ1) is 24.5. The molecule has 0 aliphatic heterocycles. The van der Waals surface area contributed by atoms with Crippen LogP contribution in [0.2, 0.25) is 0 Å². The van der Waals surface area contributed by atoms with Gasteiger partial charge in [-0.15, -0.1) is 10.2 Å². The second kappa shape index (κ2) is 10.9. The van der Waals surface area contributed by atoms with Crippen LogP contribution >= 0.6 is 11.8 Å². The second-order valence-electron chi connectivity index (χ2n) is 8.02. The summed E-state index contributed by atoms with van der Waals surface area (Å²) in [5.41, 5.74) is 1.85. The summed E-state index contributed by atoms with van der Waals surface area (Å²) >= 11 is 1.14. The van der Waals surface area contributed by atoms with E-state index in [0.717, 1.165) is 11.8 Å². The number of hydrogen-bond acceptors (Lipinski definition) is 8. The molecule has 0 fully saturated rings. The Bertz CT molecular complexity index is 1590. The molecule has 37 heavy (non-hydrogen) atoms. The van der Waals surface area contributed by atoms with Gasteiger partial charge in [0.05, 0.1) is 6.10 Å². The van der Waals surface area contributed by atoms with E-state index in [2.05, 4.69) is 15.2 Å². The van der Waals surface area contributed by atoms with Crippen LogP contribution in [0.5, 0.6) is 5.75 Å². The summed E-state index contributed by atoms with van der Waals surface area (Å²) in [4.78, 5) is 16.7. The van der Waals surface area contributed by atoms with Crippen LogP contribution in [0.15, 0.2) is 93.2 Å². The molecule has 0 aliphatic rings. The fourth-order valence-corrected chi connectivity index (χ4v) is 4.22. The van der Waals surface area contributed by atoms with E-state index in [4.69, 9.17) is 9.15 Å². The van der Waals surface area contributed by atoms with Crippen molar-refractivity contribution in [1.82, 2.24) is 15.2 Å². The molecule has 1 atom stereocenters. The van der Waals surface area contributed by atoms with Crippen molar-refractivity contribution in [1.29, 1.82) is 0 Å². The van der Waals surface area contributed by atoms with Crippen molar-refractivity contribution in [3.05, 3.63) is 101 Å². The first-order valence-electron chi connectivity index (χ1n) is 11.2. The number of hydrogen-bond donors (Lipinski definition) is 1. The molecule has 0 saturated carbocycles. The van der Waals surface area contributed by atoms with Crippen LogP contribution in [-0.4, -0.2) is 38.8 Å². The Hall–Kier alpha value is -4.15. The van der Waals surface area contributed by atoms with Crippen LogP contribution in [0.3, 0.4) is 0 Å². The summed E-state index contributed by atoms with van der Waals surface area (Å²) in [6, 6.07) is 20.1. The van der Waals surface area contributed by atoms with Gasteiger partial charge in [0.2, 0.25) is 10.9 Å². The summed E-state index contributed by atoms with van der Waals surface area (Å²) in [6.07, 6.45) is -0.953. The fraction of sp³-hybridized carbons (Fsp3) is 0.111. The Morgan fingerprint density at radius 3 is 2.24 bits per heavy atom. The Morgan fingerprint density at radius 2 is 1.54 bits per heavy atom. The zero-order valence-corrected chi connectivity index (χ0v) is 20.0. The number of para-hydroxylation sites is 1. The molecule has 0 radical (unpaired) electrons. The minimum atomic E-state index is -0.953. The summed E-state index contributed by atoms with van der Waals surface area (Å²) in [5.74, 6) is -0.632. The van der Waals surface area contributed by atoms with Crippen molar-refractivity contribution in [3.8, 4) is 28.3 Å². The van der Waals surface area contributed by atoms with Crippen LogP contribution in [0.1, 0.15) is 0 Å². The number of thioether (sulfide) groups is 1. The van der Waals surface area contributed by atoms with Crippen LogP contribution in [0.4, 0.5) is 8.78 Å². The molecule has 2 aromatic heterocycles. The number of fused-ring (bicyclic) bond motifs is 1. The lowest BCUT2D eigenvalue weighted by molar-refractivity contribution is 0.124. The lowest BCUT2D eigenvalue weighted by atomic mass is 10.0. The highest BCUT2D eigenvalue weighted by Crippen LogP contribution is 2.30. The van der Waals surface area contributed by atoms with Crippen molar-refractivity contribution in [2.45, 2.75) is 11.3 Å². The predicted molar refractivity (Wildman–Crippen MR) is 135 cm³/mol. The number of rotatable bonds is 8. The second-order valence-corrected chi connectivity index (χ2v) is 9.00. The Morgan fingerprint density at radius 1 is 0.892 bits per heavy atom. The molecule has 3 aromatic carbocycles. The van der Waals surface area contributed by atoms with Gasteiger partial charge in [-0.2, -0.15) is 0 Å². The molecule has 1 unspecified atom stereocenters. The van der Waals surface area contributed by atoms with Crippen molar-refractivity contribution >= 4 is 22.7 Å². The lowest BCUT2D eigenvalue weighted by Crippen LogP contribution is -2.22. The third kappa shape index (κ3) is 5.82. The number of halogens is 2. The smallest absolute Gasteiger partial charge is 0.379 e. The van der Waals surface area contributed by atoms with Gasteiger partial charge in [0.15, 0.2) is 0 Å². The van der Waals surface area contributed by atoms with E-state index < -0.39 is 23.4 Å². The standard InChI is InChI=1S/C27H19F2N3O4S/c28-19-9-5-16(6-10-19)24-25(17-7-11-20(29)12-8-17)31-32-27(30-24)37-15-21(33)14-35-23-13-18-3-1-2-4-22(18)36-26(23)34/h1-13,21,33H,14-15H2. The third-order valence-corrected chi connectivity index (χ3v) is 6.33. The van der Waals surface area contributed by atoms with Crippen molar-refractivity contribution in [2.75, 3.05) is 12.4 Å². The Balaban J connectivity index is 1.31. The Labute approximate surface area is 213 Å². The van der Waals surface area contributed by atoms with Crippen molar-refractivity contribution in [2.24, 2.45) is 0 Å². The topological polar surface area (TPSA) is 98.3 Å². The van der Waals surface area contributed by atoms with Gasteiger partial charge in [-0.25, -0.2) is 18.6 Å². The van der Waals surface area contributed by atoms with Gasteiger partial charge < -0.3 is 14.3 Å². The Kier molecular flexibility index (Phi) is 7.20. The number of aromatic nitrogens is 3. The number of aliphatic hydroxyl groups excluding tert-OH is 1. The van der Waals surface area contributed by atoms with E-state index >= 15 is 0 Å². The zero-order chi connectivity index (χ0) is 25.8. The van der Waals surface area contributed by atoms with E-state index in [0.29, 0.717) is 33.5 Å². The lowest BCUT2D eigenvalue weighted by Gasteiger charge is -2.12. The fourth-order valence-electron chi connectivity index (χ4n) is 3.53. The van der Waals surface area contributed by atoms with E-state index in [-0.39, 0.29) is 23.3 Å². The molecule has 10 heteroatoms. The average Bonchev–Trinajstić information content (AvgIpc) is 2.91. The number of nitrogens with zero attached hydrogens (tertiary/aromatic N) is 3. The number of aliphatic hydroxyl groups is 1. The summed E-state index contributed by atoms with van der Waals surface area (Å²) in [7, 11) is 0. The molecule has 186 valence electrons. The van der Waals surface area contributed by atoms with Crippen molar-refractivity contribution < 1.29 is 23.0 Å². The van der Waals surface area contributed by atoms with E-state index in [1.54, 1.807) is 48.5 Å². The summed E-state index contributed by atoms with van der Waals surface area (Å²) in [6.45, 7) is -0.151. The largest absolute Gasteiger partial charge is 0.484 e. The van der Waals surface area contributed by atoms with Gasteiger partial charge in [-0.05, 0) is 60.7 Å². The van der Waals surface area contributed by atoms with Crippen molar-refractivity contribution in [3.63, 3.8) is 0 Å². The minimum Gasteiger partial charge on any atom is -0.484 e. The van der Waals surface area contributed by atoms with Gasteiger partial charge in [0.25, 0.3) is 0 Å². The monoisotopic (exact) mass is 519 g/mol. The summed E-state index contributed by atoms with van der Waals surface area (Å²) in [5, 5.41) is 19.8. The number of benzene rings is 3. The maximum atomic E-state index is 13.5. The SMILES string of the molecule is O=c1oc2ccccc2cc1OCC(O)CSc1nnc(-c2ccc(F)cc2)c(-c2ccc(F)cc2)n1. The van der Waals surface area contributed by atoms with Gasteiger partial charge in [0.1, 0.15) is 35.2 Å². The minimum absolute atomic E-state index is 0.00270. The first-order valence-corrected chi connectivity index (χ1v) is 12.2. The molecule has 5 rings (SSSR count). The average molecular weight is 520 g/mol. The normalized spacial score (nSPS) is 12.0. The van der Waals surface area contributed by atoms with Crippen LogP contribution in [-0.2, 0) is 0 Å². The number of ether oxygens (including phenoxy) is 1. The van der Waals surface area contributed by atoms with Gasteiger partial charge in [-0.1, -0.05) is 30.0 Å². The van der Waals surface area contributed by atoms with E-state index in [9.17, 15) is 18.7 Å². The van der Waals surface area contributed by atoms with Gasteiger partial charge in [-0.3, -0.25) is 0 Å². The maximum absolute atomic E-state index is 13.5. The zero-order valence-electron chi connectivity index (χ0n) is 19.2. The van der Waals surface area contributed by atoms with Crippen LogP contribution < -0.4 is 10.4 Å². The molecule has 0 saturated heterocycles. The van der Waals surface area contributed by atoms with Gasteiger partial charge >= 0.3 is 5.63 Å². The quantitative estimate of drug-likeness (QED) is 0.223. The molecule has 7 nitrogen and oxygen atoms in total. The highest BCUT2D eigenvalue weighted by molar-refractivity contribution is 7.99. The molecule has 0 aliphatic carbocycles. The predicted octanol–water partition coefficient (Wildman–Crippen LogP) is 5.12. The van der Waals surface area contributed by atoms with Crippen LogP contribution in [0.25, 0.3) is 33.5 Å². The summed E-state index contributed by atoms with van der Waals surface area (Å²) < 4.78 is 37.6. The molecule has 5 aromatic rings. The van der Waals surface area contributed by atoms with E-state index in [1.165, 1.54) is 24.3 Å². The molecular formula is C27H19F2N3O4S. The highest BCUT2D eigenvalue weighted by Gasteiger charge is 2.16. The van der Waals surface area contributed by atoms with Gasteiger partial charge in [0, 0.05) is 22.3 Å². The first-order chi connectivity index (χ1) is 18.0. The molecule has 0 amide bonds. The third-order valence-electron chi connectivity index (χ3n) is 5.35. The molecule has 1 N–H and O–H groups in total. The van der Waals surface area contributed by atoms with E-state index in [1.807, 2.05) is 6.07 Å². The molecule has 0 spiro atoms. The van der Waals surface area contributed by atoms with Crippen LogP contribution in [0, 0.1) is 11.6 Å². The molecule has 2 heterocycles. The molecular weight excluding hydrogens is 500 g/mol. The highest BCUT2D eigenvalue weighted by atomic mass is 32.2. The maximum Gasteiger partial charge on any atom is 0.379 e. The molecule has 0 bridgehead atoms.